The van der Waals surface area contributed by atoms with Crippen LogP contribution in [0, 0.1) is 5.92 Å². The van der Waals surface area contributed by atoms with Crippen molar-refractivity contribution >= 4 is 11.8 Å². The second-order valence-electron chi connectivity index (χ2n) is 9.17. The van der Waals surface area contributed by atoms with Gasteiger partial charge in [-0.1, -0.05) is 24.3 Å². The summed E-state index contributed by atoms with van der Waals surface area (Å²) >= 11 is 0. The molecule has 3 heterocycles. The first-order valence-corrected chi connectivity index (χ1v) is 10.6. The lowest BCUT2D eigenvalue weighted by molar-refractivity contribution is -0.160. The first-order chi connectivity index (χ1) is 14.3. The molecule has 4 fully saturated rings. The minimum Gasteiger partial charge on any atom is -0.370 e. The molecule has 5 nitrogen and oxygen atoms in total. The number of benzene rings is 1. The van der Waals surface area contributed by atoms with Crippen LogP contribution in [0.25, 0.3) is 0 Å². The minimum absolute atomic E-state index is 0.0200. The number of ether oxygens (including phenoxy) is 1. The van der Waals surface area contributed by atoms with Gasteiger partial charge in [0.05, 0.1) is 11.5 Å². The normalized spacial score (nSPS) is 28.7. The number of piperidine rings is 1. The number of carbonyl (C=O) groups excluding carboxylic acids is 2. The maximum Gasteiger partial charge on any atom is 0.398 e. The Kier molecular flexibility index (Phi) is 4.61. The third kappa shape index (κ3) is 3.29. The van der Waals surface area contributed by atoms with Gasteiger partial charge in [-0.15, -0.1) is 0 Å². The number of halogens is 3. The molecule has 2 atom stereocenters. The highest BCUT2D eigenvalue weighted by Crippen LogP contribution is 2.58. The quantitative estimate of drug-likeness (QED) is 0.733. The molecule has 1 aliphatic carbocycles. The first-order valence-electron chi connectivity index (χ1n) is 10.6. The molecule has 0 unspecified atom stereocenters. The Morgan fingerprint density at radius 1 is 1.07 bits per heavy atom. The van der Waals surface area contributed by atoms with E-state index < -0.39 is 11.6 Å². The number of alkyl halides is 3. The molecule has 0 aromatic heterocycles. The number of nitrogens with zero attached hydrogens (tertiary/aromatic N) is 2. The van der Waals surface area contributed by atoms with E-state index in [4.69, 9.17) is 4.74 Å². The van der Waals surface area contributed by atoms with Gasteiger partial charge in [0, 0.05) is 44.4 Å². The summed E-state index contributed by atoms with van der Waals surface area (Å²) in [6.07, 6.45) is -2.57. The largest absolute Gasteiger partial charge is 0.398 e. The summed E-state index contributed by atoms with van der Waals surface area (Å²) in [5, 5.41) is 0. The number of ketones is 1. The van der Waals surface area contributed by atoms with E-state index in [9.17, 15) is 22.8 Å². The van der Waals surface area contributed by atoms with Crippen LogP contribution in [0.15, 0.2) is 24.3 Å². The zero-order chi connectivity index (χ0) is 21.1. The predicted octanol–water partition coefficient (Wildman–Crippen LogP) is 3.48. The van der Waals surface area contributed by atoms with Crippen molar-refractivity contribution in [3.63, 3.8) is 0 Å². The maximum atomic E-state index is 13.3. The Morgan fingerprint density at radius 2 is 1.77 bits per heavy atom. The fourth-order valence-corrected chi connectivity index (χ4v) is 5.13. The van der Waals surface area contributed by atoms with Crippen molar-refractivity contribution in [3.05, 3.63) is 35.4 Å². The zero-order valence-corrected chi connectivity index (χ0v) is 16.7. The standard InChI is InChI=1S/C22H25F3N2O3/c23-22(24,25)21(6-7-21)17-3-1-14(2-4-17)16-11-27(12-16)20(29)26-8-5-19-15(10-26)9-18(28)13-30-19/h1-4,15-16,19H,5-13H2/t15-,19-/m0/s1. The Bertz CT molecular complexity index is 844. The van der Waals surface area contributed by atoms with Gasteiger partial charge in [0.15, 0.2) is 5.78 Å². The van der Waals surface area contributed by atoms with Crippen molar-refractivity contribution in [1.29, 1.82) is 0 Å². The van der Waals surface area contributed by atoms with Crippen LogP contribution in [0.1, 0.15) is 42.7 Å². The molecule has 4 aliphatic rings. The van der Waals surface area contributed by atoms with Gasteiger partial charge in [0.25, 0.3) is 0 Å². The van der Waals surface area contributed by atoms with Crippen LogP contribution in [0.2, 0.25) is 0 Å². The van der Waals surface area contributed by atoms with E-state index in [1.807, 2.05) is 4.90 Å². The minimum atomic E-state index is -4.20. The number of fused-ring (bicyclic) bond motifs is 1. The Balaban J connectivity index is 1.17. The van der Waals surface area contributed by atoms with Crippen molar-refractivity contribution in [3.8, 4) is 0 Å². The Labute approximate surface area is 173 Å². The molecule has 3 saturated heterocycles. The number of likely N-dealkylation sites (tertiary alicyclic amines) is 2. The summed E-state index contributed by atoms with van der Waals surface area (Å²) in [6, 6.07) is 6.75. The molecule has 0 spiro atoms. The third-order valence-corrected chi connectivity index (χ3v) is 7.26. The fourth-order valence-electron chi connectivity index (χ4n) is 5.13. The fraction of sp³-hybridized carbons (Fsp3) is 0.636. The van der Waals surface area contributed by atoms with Crippen molar-refractivity contribution in [2.24, 2.45) is 5.92 Å². The van der Waals surface area contributed by atoms with Gasteiger partial charge in [-0.2, -0.15) is 13.2 Å². The van der Waals surface area contributed by atoms with Gasteiger partial charge in [0.2, 0.25) is 0 Å². The summed E-state index contributed by atoms with van der Waals surface area (Å²) in [4.78, 5) is 28.0. The summed E-state index contributed by atoms with van der Waals surface area (Å²) in [5.41, 5.74) is -0.326. The monoisotopic (exact) mass is 422 g/mol. The first kappa shape index (κ1) is 19.8. The lowest BCUT2D eigenvalue weighted by Gasteiger charge is -2.46. The van der Waals surface area contributed by atoms with Crippen LogP contribution in [0.5, 0.6) is 0 Å². The van der Waals surface area contributed by atoms with Crippen LogP contribution < -0.4 is 0 Å². The Morgan fingerprint density at radius 3 is 2.40 bits per heavy atom. The van der Waals surface area contributed by atoms with E-state index in [-0.39, 0.29) is 49.2 Å². The summed E-state index contributed by atoms with van der Waals surface area (Å²) < 4.78 is 45.4. The van der Waals surface area contributed by atoms with Crippen LogP contribution >= 0.6 is 0 Å². The summed E-state index contributed by atoms with van der Waals surface area (Å²) in [6.45, 7) is 2.51. The second-order valence-corrected chi connectivity index (χ2v) is 9.17. The second kappa shape index (κ2) is 6.97. The Hall–Kier alpha value is -2.09. The van der Waals surface area contributed by atoms with Gasteiger partial charge in [-0.05, 0) is 30.4 Å². The van der Waals surface area contributed by atoms with E-state index in [2.05, 4.69) is 0 Å². The number of hydrogen-bond acceptors (Lipinski definition) is 3. The highest BCUT2D eigenvalue weighted by molar-refractivity contribution is 5.81. The predicted molar refractivity (Wildman–Crippen MR) is 102 cm³/mol. The van der Waals surface area contributed by atoms with Crippen LogP contribution in [0.4, 0.5) is 18.0 Å². The average Bonchev–Trinajstić information content (AvgIpc) is 3.49. The van der Waals surface area contributed by atoms with Crippen LogP contribution in [-0.4, -0.2) is 66.7 Å². The highest BCUT2D eigenvalue weighted by Gasteiger charge is 2.64. The third-order valence-electron chi connectivity index (χ3n) is 7.26. The topological polar surface area (TPSA) is 49.9 Å². The smallest absolute Gasteiger partial charge is 0.370 e. The molecule has 5 rings (SSSR count). The van der Waals surface area contributed by atoms with Crippen LogP contribution in [0.3, 0.4) is 0 Å². The van der Waals surface area contributed by atoms with E-state index in [1.165, 1.54) is 0 Å². The van der Waals surface area contributed by atoms with Crippen molar-refractivity contribution in [2.45, 2.75) is 49.3 Å². The van der Waals surface area contributed by atoms with Crippen molar-refractivity contribution < 1.29 is 27.5 Å². The van der Waals surface area contributed by atoms with E-state index in [0.29, 0.717) is 38.2 Å². The average molecular weight is 422 g/mol. The lowest BCUT2D eigenvalue weighted by atomic mass is 9.87. The molecule has 162 valence electrons. The number of amides is 2. The number of hydrogen-bond donors (Lipinski definition) is 0. The van der Waals surface area contributed by atoms with Gasteiger partial charge in [-0.25, -0.2) is 4.79 Å². The van der Waals surface area contributed by atoms with E-state index in [1.54, 1.807) is 29.2 Å². The number of Topliss-reactive ketones (excluding diaryl/α,β-unsaturated/α-hetero) is 1. The van der Waals surface area contributed by atoms with Crippen molar-refractivity contribution in [1.82, 2.24) is 9.80 Å². The molecule has 30 heavy (non-hydrogen) atoms. The van der Waals surface area contributed by atoms with Gasteiger partial charge in [-0.3, -0.25) is 4.79 Å². The molecular formula is C22H25F3N2O3. The number of urea groups is 1. The molecule has 0 radical (unpaired) electrons. The molecule has 1 aromatic carbocycles. The van der Waals surface area contributed by atoms with Gasteiger partial charge in [0.1, 0.15) is 6.61 Å². The zero-order valence-electron chi connectivity index (χ0n) is 16.7. The lowest BCUT2D eigenvalue weighted by Crippen LogP contribution is -2.58. The van der Waals surface area contributed by atoms with Crippen molar-refractivity contribution in [2.75, 3.05) is 32.8 Å². The highest BCUT2D eigenvalue weighted by atomic mass is 19.4. The molecule has 3 aliphatic heterocycles. The molecule has 8 heteroatoms. The summed E-state index contributed by atoms with van der Waals surface area (Å²) in [5.74, 6) is 0.328. The number of rotatable bonds is 2. The molecule has 1 aromatic rings. The molecule has 0 N–H and O–H groups in total. The van der Waals surface area contributed by atoms with Crippen LogP contribution in [-0.2, 0) is 14.9 Å². The number of carbonyl (C=O) groups is 2. The molecule has 0 bridgehead atoms. The molecule has 1 saturated carbocycles. The summed E-state index contributed by atoms with van der Waals surface area (Å²) in [7, 11) is 0. The van der Waals surface area contributed by atoms with E-state index in [0.717, 1.165) is 12.0 Å². The maximum absolute atomic E-state index is 13.3. The van der Waals surface area contributed by atoms with E-state index >= 15 is 0 Å². The van der Waals surface area contributed by atoms with Gasteiger partial charge < -0.3 is 14.5 Å². The van der Waals surface area contributed by atoms with Gasteiger partial charge >= 0.3 is 12.2 Å². The molecule has 2 amide bonds. The SMILES string of the molecule is O=C1CO[C@H]2CCN(C(=O)N3CC(c4ccc(C5(C(F)(F)F)CC5)cc4)C3)C[C@@H]2C1. The molecular weight excluding hydrogens is 397 g/mol.